The van der Waals surface area contributed by atoms with Crippen LogP contribution in [0.1, 0.15) is 16.1 Å². The van der Waals surface area contributed by atoms with Gasteiger partial charge in [0.1, 0.15) is 11.5 Å². The third kappa shape index (κ3) is 2.16. The number of hydrogen-bond donors (Lipinski definition) is 0. The van der Waals surface area contributed by atoms with Gasteiger partial charge in [-0.15, -0.1) is 11.6 Å². The van der Waals surface area contributed by atoms with E-state index in [0.29, 0.717) is 16.8 Å². The van der Waals surface area contributed by atoms with Gasteiger partial charge in [-0.05, 0) is 19.1 Å². The fourth-order valence-electron chi connectivity index (χ4n) is 2.00. The molecule has 3 nitrogen and oxygen atoms in total. The SMILES string of the molecule is Cc1c(C(=O)CCl)nn(C)c1-c1cccc(F)c1. The number of nitrogens with zero attached hydrogens (tertiary/aromatic N) is 2. The summed E-state index contributed by atoms with van der Waals surface area (Å²) in [6.45, 7) is 1.78. The van der Waals surface area contributed by atoms with Crippen LogP contribution in [0.25, 0.3) is 11.3 Å². The second-order valence-electron chi connectivity index (χ2n) is 4.01. The lowest BCUT2D eigenvalue weighted by molar-refractivity contribution is 0.101. The maximum Gasteiger partial charge on any atom is 0.198 e. The lowest BCUT2D eigenvalue weighted by Gasteiger charge is -2.03. The van der Waals surface area contributed by atoms with Crippen molar-refractivity contribution < 1.29 is 9.18 Å². The highest BCUT2D eigenvalue weighted by molar-refractivity contribution is 6.30. The topological polar surface area (TPSA) is 34.9 Å². The minimum absolute atomic E-state index is 0.111. The van der Waals surface area contributed by atoms with Gasteiger partial charge in [0, 0.05) is 18.2 Å². The minimum atomic E-state index is -0.321. The molecule has 0 amide bonds. The molecule has 0 unspecified atom stereocenters. The van der Waals surface area contributed by atoms with Gasteiger partial charge < -0.3 is 0 Å². The maximum atomic E-state index is 13.2. The molecular formula is C13H12ClFN2O. The molecule has 2 aromatic rings. The Balaban J connectivity index is 2.59. The van der Waals surface area contributed by atoms with Crippen LogP contribution in [-0.4, -0.2) is 21.4 Å². The zero-order valence-electron chi connectivity index (χ0n) is 10.1. The molecule has 0 N–H and O–H groups in total. The Morgan fingerprint density at radius 2 is 2.22 bits per heavy atom. The summed E-state index contributed by atoms with van der Waals surface area (Å²) in [4.78, 5) is 11.6. The van der Waals surface area contributed by atoms with Crippen LogP contribution in [0.2, 0.25) is 0 Å². The van der Waals surface area contributed by atoms with Gasteiger partial charge in [-0.1, -0.05) is 12.1 Å². The van der Waals surface area contributed by atoms with E-state index >= 15 is 0 Å². The summed E-state index contributed by atoms with van der Waals surface area (Å²) >= 11 is 5.53. The van der Waals surface area contributed by atoms with E-state index < -0.39 is 0 Å². The van der Waals surface area contributed by atoms with Gasteiger partial charge in [0.05, 0.1) is 11.6 Å². The fourth-order valence-corrected chi connectivity index (χ4v) is 2.12. The van der Waals surface area contributed by atoms with Crippen molar-refractivity contribution in [1.82, 2.24) is 9.78 Å². The van der Waals surface area contributed by atoms with Crippen molar-refractivity contribution in [3.05, 3.63) is 41.3 Å². The third-order valence-corrected chi connectivity index (χ3v) is 3.01. The lowest BCUT2D eigenvalue weighted by Crippen LogP contribution is -2.03. The first kappa shape index (κ1) is 12.8. The van der Waals surface area contributed by atoms with E-state index in [2.05, 4.69) is 5.10 Å². The number of benzene rings is 1. The van der Waals surface area contributed by atoms with Crippen molar-refractivity contribution in [2.45, 2.75) is 6.92 Å². The standard InChI is InChI=1S/C13H12ClFN2O/c1-8-12(11(18)7-14)16-17(2)13(8)9-4-3-5-10(15)6-9/h3-6H,7H2,1-2H3. The number of rotatable bonds is 3. The van der Waals surface area contributed by atoms with Gasteiger partial charge in [-0.25, -0.2) is 4.39 Å². The second-order valence-corrected chi connectivity index (χ2v) is 4.28. The first-order valence-electron chi connectivity index (χ1n) is 5.43. The third-order valence-electron chi connectivity index (χ3n) is 2.77. The minimum Gasteiger partial charge on any atom is -0.291 e. The van der Waals surface area contributed by atoms with Crippen LogP contribution >= 0.6 is 11.6 Å². The summed E-state index contributed by atoms with van der Waals surface area (Å²) in [6, 6.07) is 6.20. The average molecular weight is 267 g/mol. The molecule has 0 saturated carbocycles. The van der Waals surface area contributed by atoms with E-state index in [0.717, 1.165) is 5.69 Å². The van der Waals surface area contributed by atoms with Crippen LogP contribution < -0.4 is 0 Å². The Morgan fingerprint density at radius 1 is 1.50 bits per heavy atom. The maximum absolute atomic E-state index is 13.2. The first-order valence-corrected chi connectivity index (χ1v) is 5.96. The quantitative estimate of drug-likeness (QED) is 0.632. The van der Waals surface area contributed by atoms with Gasteiger partial charge in [0.2, 0.25) is 0 Å². The van der Waals surface area contributed by atoms with E-state index in [1.54, 1.807) is 30.8 Å². The van der Waals surface area contributed by atoms with E-state index in [9.17, 15) is 9.18 Å². The molecule has 94 valence electrons. The molecule has 1 aromatic carbocycles. The number of hydrogen-bond acceptors (Lipinski definition) is 2. The molecule has 2 rings (SSSR count). The van der Waals surface area contributed by atoms with Crippen LogP contribution in [0.15, 0.2) is 24.3 Å². The molecule has 1 heterocycles. The number of ketones is 1. The molecule has 0 aliphatic heterocycles. The average Bonchev–Trinajstić information content (AvgIpc) is 2.64. The molecule has 18 heavy (non-hydrogen) atoms. The Morgan fingerprint density at radius 3 is 2.83 bits per heavy atom. The van der Waals surface area contributed by atoms with Crippen molar-refractivity contribution in [2.75, 3.05) is 5.88 Å². The molecular weight excluding hydrogens is 255 g/mol. The number of halogens is 2. The van der Waals surface area contributed by atoms with Gasteiger partial charge >= 0.3 is 0 Å². The second kappa shape index (κ2) is 4.90. The van der Waals surface area contributed by atoms with Crippen molar-refractivity contribution in [2.24, 2.45) is 7.05 Å². The smallest absolute Gasteiger partial charge is 0.198 e. The first-order chi connectivity index (χ1) is 8.54. The molecule has 0 bridgehead atoms. The van der Waals surface area contributed by atoms with E-state index in [1.165, 1.54) is 12.1 Å². The largest absolute Gasteiger partial charge is 0.291 e. The van der Waals surface area contributed by atoms with Gasteiger partial charge in [-0.3, -0.25) is 9.48 Å². The highest BCUT2D eigenvalue weighted by Crippen LogP contribution is 2.26. The number of carbonyl (C=O) groups excluding carboxylic acids is 1. The van der Waals surface area contributed by atoms with Crippen molar-refractivity contribution in [3.63, 3.8) is 0 Å². The Kier molecular flexibility index (Phi) is 3.48. The van der Waals surface area contributed by atoms with Crippen molar-refractivity contribution in [3.8, 4) is 11.3 Å². The predicted octanol–water partition coefficient (Wildman–Crippen LogP) is 2.96. The zero-order chi connectivity index (χ0) is 13.3. The summed E-state index contributed by atoms with van der Waals surface area (Å²) in [7, 11) is 1.72. The molecule has 0 spiro atoms. The van der Waals surface area contributed by atoms with Crippen LogP contribution in [0.3, 0.4) is 0 Å². The van der Waals surface area contributed by atoms with Crippen LogP contribution in [0, 0.1) is 12.7 Å². The van der Waals surface area contributed by atoms with Crippen molar-refractivity contribution >= 4 is 17.4 Å². The fraction of sp³-hybridized carbons (Fsp3) is 0.231. The highest BCUT2D eigenvalue weighted by atomic mass is 35.5. The van der Waals surface area contributed by atoms with E-state index in [1.807, 2.05) is 0 Å². The molecule has 0 aliphatic rings. The van der Waals surface area contributed by atoms with Crippen LogP contribution in [0.4, 0.5) is 4.39 Å². The van der Waals surface area contributed by atoms with Gasteiger partial charge in [-0.2, -0.15) is 5.10 Å². The van der Waals surface area contributed by atoms with Crippen LogP contribution in [0.5, 0.6) is 0 Å². The molecule has 0 aliphatic carbocycles. The predicted molar refractivity (Wildman–Crippen MR) is 68.4 cm³/mol. The molecule has 0 fully saturated rings. The molecule has 1 aromatic heterocycles. The summed E-state index contributed by atoms with van der Waals surface area (Å²) < 4.78 is 14.8. The van der Waals surface area contributed by atoms with E-state index in [-0.39, 0.29) is 17.5 Å². The molecule has 0 saturated heterocycles. The van der Waals surface area contributed by atoms with Crippen LogP contribution in [-0.2, 0) is 7.05 Å². The summed E-state index contributed by atoms with van der Waals surface area (Å²) in [5.74, 6) is -0.661. The normalized spacial score (nSPS) is 10.7. The van der Waals surface area contributed by atoms with Gasteiger partial charge in [0.15, 0.2) is 5.78 Å². The number of Topliss-reactive ketones (excluding diaryl/α,β-unsaturated/α-hetero) is 1. The summed E-state index contributed by atoms with van der Waals surface area (Å²) in [5, 5.41) is 4.15. The molecule has 5 heteroatoms. The number of aromatic nitrogens is 2. The zero-order valence-corrected chi connectivity index (χ0v) is 10.8. The Hall–Kier alpha value is -1.68. The summed E-state index contributed by atoms with van der Waals surface area (Å²) in [5.41, 5.74) is 2.47. The number of aryl methyl sites for hydroxylation is 1. The number of alkyl halides is 1. The highest BCUT2D eigenvalue weighted by Gasteiger charge is 2.18. The Bertz CT molecular complexity index is 607. The van der Waals surface area contributed by atoms with Gasteiger partial charge in [0.25, 0.3) is 0 Å². The molecule has 0 radical (unpaired) electrons. The summed E-state index contributed by atoms with van der Waals surface area (Å²) in [6.07, 6.45) is 0. The van der Waals surface area contributed by atoms with E-state index in [4.69, 9.17) is 11.6 Å². The molecule has 0 atom stereocenters. The number of carbonyl (C=O) groups is 1. The Labute approximate surface area is 109 Å². The lowest BCUT2D eigenvalue weighted by atomic mass is 10.1. The monoisotopic (exact) mass is 266 g/mol. The van der Waals surface area contributed by atoms with Crippen molar-refractivity contribution in [1.29, 1.82) is 0 Å².